The van der Waals surface area contributed by atoms with Gasteiger partial charge in [0.1, 0.15) is 0 Å². The Kier molecular flexibility index (Phi) is 6.57. The van der Waals surface area contributed by atoms with Crippen LogP contribution in [0.4, 0.5) is 0 Å². The summed E-state index contributed by atoms with van der Waals surface area (Å²) in [4.78, 5) is 0. The lowest BCUT2D eigenvalue weighted by atomic mass is 9.78. The first-order chi connectivity index (χ1) is 24.2. The molecule has 2 aromatic heterocycles. The summed E-state index contributed by atoms with van der Waals surface area (Å²) in [5, 5.41) is 12.7. The van der Waals surface area contributed by atoms with Crippen LogP contribution in [0.2, 0.25) is 0 Å². The third-order valence-corrected chi connectivity index (χ3v) is 11.8. The van der Waals surface area contributed by atoms with Crippen LogP contribution in [0.5, 0.6) is 0 Å². The van der Waals surface area contributed by atoms with Crippen molar-refractivity contribution in [3.63, 3.8) is 0 Å². The maximum atomic E-state index is 10.1. The normalized spacial score (nSPS) is 16.8. The van der Waals surface area contributed by atoms with Crippen molar-refractivity contribution in [1.82, 2.24) is 0 Å². The van der Waals surface area contributed by atoms with Gasteiger partial charge in [-0.15, -0.1) is 0 Å². The lowest BCUT2D eigenvalue weighted by Crippen LogP contribution is -2.47. The first-order valence-electron chi connectivity index (χ1n) is 18.3. The van der Waals surface area contributed by atoms with Crippen LogP contribution in [0.3, 0.4) is 0 Å². The summed E-state index contributed by atoms with van der Waals surface area (Å²) in [6, 6.07) is 36.6. The number of nitriles is 1. The van der Waals surface area contributed by atoms with Crippen molar-refractivity contribution in [3.05, 3.63) is 142 Å². The molecule has 0 atom stereocenters. The SMILES string of the molecule is CC(C)(C)c1ccc2c(c1)C/C(=C1/Cc3cc4c(cc3-c3cc(C#N)cc[n+]31)C(C)(C)c1c-4ccc3ccccc13)[n+]1cc(C(C)(C)C)ccc1-2. The molecule has 3 aliphatic rings. The van der Waals surface area contributed by atoms with E-state index in [4.69, 9.17) is 0 Å². The molecule has 0 amide bonds. The summed E-state index contributed by atoms with van der Waals surface area (Å²) < 4.78 is 4.86. The van der Waals surface area contributed by atoms with Crippen LogP contribution in [0.15, 0.2) is 103 Å². The van der Waals surface area contributed by atoms with Gasteiger partial charge in [0.05, 0.1) is 35.6 Å². The lowest BCUT2D eigenvalue weighted by Gasteiger charge is -2.26. The predicted molar refractivity (Wildman–Crippen MR) is 208 cm³/mol. The van der Waals surface area contributed by atoms with Crippen molar-refractivity contribution in [3.8, 4) is 39.7 Å². The van der Waals surface area contributed by atoms with Gasteiger partial charge in [0, 0.05) is 29.2 Å². The minimum atomic E-state index is -0.160. The third-order valence-electron chi connectivity index (χ3n) is 11.8. The number of fused-ring (bicyclic) bond motifs is 11. The molecule has 0 bridgehead atoms. The van der Waals surface area contributed by atoms with Crippen molar-refractivity contribution in [2.75, 3.05) is 0 Å². The van der Waals surface area contributed by atoms with E-state index in [1.807, 2.05) is 6.07 Å². The van der Waals surface area contributed by atoms with Crippen molar-refractivity contribution in [1.29, 1.82) is 5.26 Å². The monoisotopic (exact) mass is 663 g/mol. The minimum Gasteiger partial charge on any atom is -0.192 e. The van der Waals surface area contributed by atoms with Gasteiger partial charge in [-0.1, -0.05) is 104 Å². The second-order valence-electron chi connectivity index (χ2n) is 17.5. The average Bonchev–Trinajstić information content (AvgIpc) is 3.34. The van der Waals surface area contributed by atoms with E-state index in [1.54, 1.807) is 0 Å². The standard InChI is InChI=1S/C48H45N3/c1-46(2,3)33-14-17-35-31(22-33)24-44(51-28-34(47(4,5)6)15-18-41(35)51)43-25-32-23-39-37-16-13-30-11-9-10-12-36(30)45(37)48(7,8)40(39)26-38(32)42-21-29(27-49)19-20-50(42)43/h9-23,26,28H,24-25H2,1-8H3/q+2/b44-43+. The minimum absolute atomic E-state index is 0.00497. The summed E-state index contributed by atoms with van der Waals surface area (Å²) in [5.74, 6) is 0. The topological polar surface area (TPSA) is 31.5 Å². The summed E-state index contributed by atoms with van der Waals surface area (Å²) in [6.45, 7) is 18.5. The van der Waals surface area contributed by atoms with E-state index >= 15 is 0 Å². The average molecular weight is 664 g/mol. The third kappa shape index (κ3) is 4.69. The Labute approximate surface area is 302 Å². The van der Waals surface area contributed by atoms with Crippen LogP contribution in [-0.2, 0) is 29.1 Å². The first-order valence-corrected chi connectivity index (χ1v) is 18.3. The Bertz CT molecular complexity index is 2580. The van der Waals surface area contributed by atoms with E-state index in [0.29, 0.717) is 5.56 Å². The maximum Gasteiger partial charge on any atom is 0.259 e. The zero-order chi connectivity index (χ0) is 35.6. The van der Waals surface area contributed by atoms with Crippen molar-refractivity contribution >= 4 is 22.2 Å². The van der Waals surface area contributed by atoms with Crippen molar-refractivity contribution < 1.29 is 9.13 Å². The number of rotatable bonds is 0. The smallest absolute Gasteiger partial charge is 0.192 e. The first kappa shape index (κ1) is 31.6. The van der Waals surface area contributed by atoms with Gasteiger partial charge < -0.3 is 0 Å². The Hall–Kier alpha value is -5.33. The van der Waals surface area contributed by atoms with E-state index in [9.17, 15) is 5.26 Å². The van der Waals surface area contributed by atoms with Gasteiger partial charge >= 0.3 is 0 Å². The van der Waals surface area contributed by atoms with Gasteiger partial charge in [-0.05, 0) is 84.8 Å². The van der Waals surface area contributed by atoms with Crippen LogP contribution >= 0.6 is 0 Å². The maximum absolute atomic E-state index is 10.1. The number of pyridine rings is 2. The number of hydrogen-bond donors (Lipinski definition) is 0. The fourth-order valence-electron chi connectivity index (χ4n) is 8.94. The highest BCUT2D eigenvalue weighted by atomic mass is 15.1. The molecule has 6 aromatic rings. The molecular formula is C48H45N3+2. The zero-order valence-electron chi connectivity index (χ0n) is 31.1. The molecule has 0 fully saturated rings. The van der Waals surface area contributed by atoms with Gasteiger partial charge in [-0.2, -0.15) is 14.4 Å². The Balaban J connectivity index is 1.32. The zero-order valence-corrected chi connectivity index (χ0v) is 31.1. The van der Waals surface area contributed by atoms with Crippen LogP contribution in [0.25, 0.3) is 55.8 Å². The van der Waals surface area contributed by atoms with Crippen molar-refractivity contribution in [2.24, 2.45) is 0 Å². The van der Waals surface area contributed by atoms with Gasteiger partial charge in [0.15, 0.2) is 12.4 Å². The molecule has 0 spiro atoms. The molecule has 250 valence electrons. The second-order valence-corrected chi connectivity index (χ2v) is 17.5. The van der Waals surface area contributed by atoms with Crippen LogP contribution in [0, 0.1) is 11.3 Å². The summed E-state index contributed by atoms with van der Waals surface area (Å²) in [6.07, 6.45) is 6.14. The Morgan fingerprint density at radius 1 is 0.627 bits per heavy atom. The van der Waals surface area contributed by atoms with E-state index in [2.05, 4.69) is 168 Å². The lowest BCUT2D eigenvalue weighted by molar-refractivity contribution is -0.602. The van der Waals surface area contributed by atoms with E-state index in [-0.39, 0.29) is 16.2 Å². The molecule has 2 aliphatic heterocycles. The van der Waals surface area contributed by atoms with Gasteiger partial charge in [0.2, 0.25) is 11.4 Å². The summed E-state index contributed by atoms with van der Waals surface area (Å²) >= 11 is 0. The number of nitrogens with zero attached hydrogens (tertiary/aromatic N) is 3. The van der Waals surface area contributed by atoms with Gasteiger partial charge in [-0.3, -0.25) is 0 Å². The number of allylic oxidation sites excluding steroid dienone is 2. The number of hydrogen-bond acceptors (Lipinski definition) is 1. The van der Waals surface area contributed by atoms with Crippen molar-refractivity contribution in [2.45, 2.75) is 84.5 Å². The van der Waals surface area contributed by atoms with Crippen LogP contribution < -0.4 is 9.13 Å². The molecular weight excluding hydrogens is 619 g/mol. The van der Waals surface area contributed by atoms with E-state index < -0.39 is 0 Å². The Morgan fingerprint density at radius 2 is 1.31 bits per heavy atom. The van der Waals surface area contributed by atoms with E-state index in [1.165, 1.54) is 83.5 Å². The number of aromatic nitrogens is 2. The molecule has 51 heavy (non-hydrogen) atoms. The molecule has 1 aliphatic carbocycles. The Morgan fingerprint density at radius 3 is 2.06 bits per heavy atom. The summed E-state index contributed by atoms with van der Waals surface area (Å²) in [5.41, 5.74) is 18.8. The highest BCUT2D eigenvalue weighted by molar-refractivity contribution is 5.98. The molecule has 3 nitrogen and oxygen atoms in total. The molecule has 0 saturated heterocycles. The highest BCUT2D eigenvalue weighted by Crippen LogP contribution is 2.53. The molecule has 3 heteroatoms. The molecule has 0 radical (unpaired) electrons. The quantitative estimate of drug-likeness (QED) is 0.149. The van der Waals surface area contributed by atoms with Crippen LogP contribution in [-0.4, -0.2) is 0 Å². The highest BCUT2D eigenvalue weighted by Gasteiger charge is 2.43. The fourth-order valence-corrected chi connectivity index (χ4v) is 8.94. The molecule has 9 rings (SSSR count). The summed E-state index contributed by atoms with van der Waals surface area (Å²) in [7, 11) is 0. The van der Waals surface area contributed by atoms with Crippen LogP contribution in [0.1, 0.15) is 94.3 Å². The largest absolute Gasteiger partial charge is 0.259 e. The molecule has 0 saturated carbocycles. The number of benzene rings is 4. The predicted octanol–water partition coefficient (Wildman–Crippen LogP) is 10.5. The second kappa shape index (κ2) is 10.6. The van der Waals surface area contributed by atoms with Gasteiger partial charge in [0.25, 0.3) is 11.4 Å². The van der Waals surface area contributed by atoms with Gasteiger partial charge in [-0.25, -0.2) is 0 Å². The molecule has 0 unspecified atom stereocenters. The van der Waals surface area contributed by atoms with E-state index in [0.717, 1.165) is 18.5 Å². The molecule has 0 N–H and O–H groups in total. The molecule has 4 aromatic carbocycles. The molecule has 4 heterocycles. The fraction of sp³-hybridized carbons (Fsp3) is 0.271.